The number of piperidine rings is 1. The number of ether oxygens (including phenoxy) is 2. The first-order chi connectivity index (χ1) is 13.7. The van der Waals surface area contributed by atoms with Crippen molar-refractivity contribution in [2.75, 3.05) is 26.8 Å². The zero-order valence-corrected chi connectivity index (χ0v) is 16.3. The Hall–Kier alpha value is -2.44. The van der Waals surface area contributed by atoms with Crippen molar-refractivity contribution in [3.8, 4) is 5.75 Å². The van der Waals surface area contributed by atoms with Gasteiger partial charge in [0, 0.05) is 25.8 Å². The summed E-state index contributed by atoms with van der Waals surface area (Å²) in [5.41, 5.74) is 1.65. The topological polar surface area (TPSA) is 63.7 Å². The lowest BCUT2D eigenvalue weighted by Crippen LogP contribution is -2.44. The summed E-state index contributed by atoms with van der Waals surface area (Å²) < 4.78 is 11.4. The van der Waals surface area contributed by atoms with Crippen molar-refractivity contribution in [2.24, 2.45) is 0 Å². The van der Waals surface area contributed by atoms with Gasteiger partial charge in [-0.05, 0) is 49.1 Å². The molecule has 2 aliphatic heterocycles. The molecule has 0 unspecified atom stereocenters. The Balaban J connectivity index is 1.27. The van der Waals surface area contributed by atoms with E-state index < -0.39 is 0 Å². The zero-order valence-electron chi connectivity index (χ0n) is 16.3. The number of nitrogens with one attached hydrogen (secondary N) is 1. The molecule has 2 fully saturated rings. The molecule has 1 atom stereocenters. The van der Waals surface area contributed by atoms with Gasteiger partial charge >= 0.3 is 0 Å². The fraction of sp³-hybridized carbons (Fsp3) is 0.455. The third kappa shape index (κ3) is 4.34. The van der Waals surface area contributed by atoms with Crippen LogP contribution in [0.3, 0.4) is 0 Å². The van der Waals surface area contributed by atoms with E-state index in [1.807, 2.05) is 24.3 Å². The van der Waals surface area contributed by atoms with Crippen LogP contribution in [0.15, 0.2) is 48.7 Å². The third-order valence-corrected chi connectivity index (χ3v) is 5.77. The molecule has 1 aromatic carbocycles. The Labute approximate surface area is 165 Å². The highest BCUT2D eigenvalue weighted by Gasteiger charge is 2.43. The van der Waals surface area contributed by atoms with Gasteiger partial charge in [0.1, 0.15) is 11.4 Å². The lowest BCUT2D eigenvalue weighted by molar-refractivity contribution is -0.0449. The Morgan fingerprint density at radius 3 is 2.71 bits per heavy atom. The normalized spacial score (nSPS) is 21.5. The highest BCUT2D eigenvalue weighted by molar-refractivity contribution is 5.92. The number of likely N-dealkylation sites (tertiary alicyclic amines) is 1. The van der Waals surface area contributed by atoms with Crippen molar-refractivity contribution >= 4 is 5.91 Å². The van der Waals surface area contributed by atoms with Crippen LogP contribution in [-0.4, -0.2) is 54.2 Å². The van der Waals surface area contributed by atoms with Crippen LogP contribution >= 0.6 is 0 Å². The second-order valence-electron chi connectivity index (χ2n) is 7.71. The highest BCUT2D eigenvalue weighted by Crippen LogP contribution is 2.36. The smallest absolute Gasteiger partial charge is 0.270 e. The maximum atomic E-state index is 12.3. The van der Waals surface area contributed by atoms with Crippen molar-refractivity contribution in [1.82, 2.24) is 15.2 Å². The summed E-state index contributed by atoms with van der Waals surface area (Å²) in [5.74, 6) is 0.766. The molecule has 0 aliphatic carbocycles. The van der Waals surface area contributed by atoms with Gasteiger partial charge in [-0.25, -0.2) is 0 Å². The molecule has 2 saturated heterocycles. The van der Waals surface area contributed by atoms with Crippen LogP contribution in [0, 0.1) is 0 Å². The molecular weight excluding hydrogens is 354 g/mol. The number of carbonyl (C=O) groups excluding carboxylic acids is 1. The van der Waals surface area contributed by atoms with E-state index in [2.05, 4.69) is 27.3 Å². The largest absolute Gasteiger partial charge is 0.497 e. The Bertz CT molecular complexity index is 786. The van der Waals surface area contributed by atoms with Gasteiger partial charge in [0.05, 0.1) is 25.4 Å². The Morgan fingerprint density at radius 1 is 1.25 bits per heavy atom. The summed E-state index contributed by atoms with van der Waals surface area (Å²) in [6.45, 7) is 3.54. The van der Waals surface area contributed by atoms with Gasteiger partial charge in [-0.3, -0.25) is 14.7 Å². The van der Waals surface area contributed by atoms with Gasteiger partial charge < -0.3 is 14.8 Å². The molecule has 0 saturated carbocycles. The van der Waals surface area contributed by atoms with Crippen LogP contribution in [0.25, 0.3) is 0 Å². The molecule has 4 rings (SSSR count). The molecule has 2 aromatic rings. The minimum Gasteiger partial charge on any atom is -0.497 e. The number of methoxy groups -OCH3 is 1. The van der Waals surface area contributed by atoms with Gasteiger partial charge in [-0.2, -0.15) is 0 Å². The minimum absolute atomic E-state index is 0.0580. The van der Waals surface area contributed by atoms with E-state index >= 15 is 0 Å². The SMILES string of the molecule is COc1ccc(CN2CCC3(CC2)C[C@@H](NC(=O)c2ccccn2)CO3)cc1. The zero-order chi connectivity index (χ0) is 19.4. The molecular formula is C22H27N3O3. The minimum atomic E-state index is -0.122. The number of aromatic nitrogens is 1. The number of rotatable bonds is 5. The van der Waals surface area contributed by atoms with Gasteiger partial charge in [-0.15, -0.1) is 0 Å². The van der Waals surface area contributed by atoms with Crippen molar-refractivity contribution < 1.29 is 14.3 Å². The van der Waals surface area contributed by atoms with E-state index in [4.69, 9.17) is 9.47 Å². The average molecular weight is 381 g/mol. The predicted octanol–water partition coefficient (Wildman–Crippen LogP) is 2.64. The number of hydrogen-bond donors (Lipinski definition) is 1. The van der Waals surface area contributed by atoms with Gasteiger partial charge in [-0.1, -0.05) is 18.2 Å². The molecule has 2 aliphatic rings. The molecule has 6 heteroatoms. The summed E-state index contributed by atoms with van der Waals surface area (Å²) in [6, 6.07) is 13.7. The molecule has 1 amide bonds. The van der Waals surface area contributed by atoms with Crippen molar-refractivity contribution in [3.05, 3.63) is 59.9 Å². The monoisotopic (exact) mass is 381 g/mol. The number of amides is 1. The van der Waals surface area contributed by atoms with Gasteiger partial charge in [0.15, 0.2) is 0 Å². The van der Waals surface area contributed by atoms with Gasteiger partial charge in [0.2, 0.25) is 0 Å². The fourth-order valence-corrected chi connectivity index (χ4v) is 4.15. The first kappa shape index (κ1) is 18.9. The number of benzene rings is 1. The van der Waals surface area contributed by atoms with Gasteiger partial charge in [0.25, 0.3) is 5.91 Å². The molecule has 148 valence electrons. The van der Waals surface area contributed by atoms with Crippen molar-refractivity contribution in [3.63, 3.8) is 0 Å². The molecule has 0 bridgehead atoms. The maximum absolute atomic E-state index is 12.3. The first-order valence-electron chi connectivity index (χ1n) is 9.87. The lowest BCUT2D eigenvalue weighted by Gasteiger charge is -2.38. The predicted molar refractivity (Wildman–Crippen MR) is 106 cm³/mol. The Kier molecular flexibility index (Phi) is 5.59. The van der Waals surface area contributed by atoms with Crippen LogP contribution in [0.1, 0.15) is 35.3 Å². The first-order valence-corrected chi connectivity index (χ1v) is 9.87. The lowest BCUT2D eigenvalue weighted by atomic mass is 9.87. The molecule has 6 nitrogen and oxygen atoms in total. The number of pyridine rings is 1. The average Bonchev–Trinajstić information content (AvgIpc) is 3.13. The van der Waals surface area contributed by atoms with Crippen LogP contribution in [0.4, 0.5) is 0 Å². The van der Waals surface area contributed by atoms with Crippen molar-refractivity contribution in [2.45, 2.75) is 37.5 Å². The second-order valence-corrected chi connectivity index (χ2v) is 7.71. The van der Waals surface area contributed by atoms with Crippen LogP contribution < -0.4 is 10.1 Å². The quantitative estimate of drug-likeness (QED) is 0.863. The van der Waals surface area contributed by atoms with E-state index in [0.29, 0.717) is 12.3 Å². The third-order valence-electron chi connectivity index (χ3n) is 5.77. The maximum Gasteiger partial charge on any atom is 0.270 e. The molecule has 3 heterocycles. The summed E-state index contributed by atoms with van der Waals surface area (Å²) in [6.07, 6.45) is 4.51. The standard InChI is InChI=1S/C22H27N3O3/c1-27-19-7-5-17(6-8-19)15-25-12-9-22(10-13-25)14-18(16-28-22)24-21(26)20-4-2-3-11-23-20/h2-8,11,18H,9-10,12-16H2,1H3,(H,24,26)/t18-/m1/s1. The van der Waals surface area contributed by atoms with E-state index in [9.17, 15) is 4.79 Å². The van der Waals surface area contributed by atoms with Crippen LogP contribution in [-0.2, 0) is 11.3 Å². The molecule has 0 radical (unpaired) electrons. The Morgan fingerprint density at radius 2 is 2.04 bits per heavy atom. The van der Waals surface area contributed by atoms with E-state index in [-0.39, 0.29) is 17.6 Å². The fourth-order valence-electron chi connectivity index (χ4n) is 4.15. The van der Waals surface area contributed by atoms with Crippen molar-refractivity contribution in [1.29, 1.82) is 0 Å². The number of nitrogens with zero attached hydrogens (tertiary/aromatic N) is 2. The highest BCUT2D eigenvalue weighted by atomic mass is 16.5. The molecule has 1 spiro atoms. The second kappa shape index (κ2) is 8.29. The molecule has 1 N–H and O–H groups in total. The summed E-state index contributed by atoms with van der Waals surface area (Å²) >= 11 is 0. The van der Waals surface area contributed by atoms with Crippen LogP contribution in [0.2, 0.25) is 0 Å². The van der Waals surface area contributed by atoms with E-state index in [1.54, 1.807) is 19.4 Å². The van der Waals surface area contributed by atoms with E-state index in [1.165, 1.54) is 5.56 Å². The molecule has 28 heavy (non-hydrogen) atoms. The summed E-state index contributed by atoms with van der Waals surface area (Å²) in [7, 11) is 1.69. The van der Waals surface area contributed by atoms with E-state index in [0.717, 1.165) is 44.6 Å². The number of carbonyl (C=O) groups is 1. The summed E-state index contributed by atoms with van der Waals surface area (Å²) in [4.78, 5) is 18.9. The number of hydrogen-bond acceptors (Lipinski definition) is 5. The molecule has 1 aromatic heterocycles. The van der Waals surface area contributed by atoms with Crippen LogP contribution in [0.5, 0.6) is 5.75 Å². The summed E-state index contributed by atoms with van der Waals surface area (Å²) in [5, 5.41) is 3.08.